The summed E-state index contributed by atoms with van der Waals surface area (Å²) in [5.74, 6) is -1.02. The zero-order valence-corrected chi connectivity index (χ0v) is 9.11. The summed E-state index contributed by atoms with van der Waals surface area (Å²) in [4.78, 5) is 15.1. The summed E-state index contributed by atoms with van der Waals surface area (Å²) in [6, 6.07) is 3.72. The Hall–Kier alpha value is -1.55. The molecule has 0 radical (unpaired) electrons. The molecule has 2 aromatic rings. The van der Waals surface area contributed by atoms with Gasteiger partial charge in [-0.3, -0.25) is 0 Å². The molecule has 0 saturated heterocycles. The molecule has 1 aliphatic rings. The van der Waals surface area contributed by atoms with E-state index in [4.69, 9.17) is 16.7 Å². The van der Waals surface area contributed by atoms with E-state index in [0.717, 1.165) is 18.4 Å². The average molecular weight is 237 g/mol. The molecular formula is C11H9ClN2O2. The molecule has 0 amide bonds. The van der Waals surface area contributed by atoms with Crippen LogP contribution < -0.4 is 0 Å². The molecule has 1 aromatic heterocycles. The van der Waals surface area contributed by atoms with E-state index in [-0.39, 0.29) is 10.6 Å². The zero-order valence-electron chi connectivity index (χ0n) is 8.35. The molecule has 0 spiro atoms. The van der Waals surface area contributed by atoms with E-state index in [2.05, 4.69) is 9.55 Å². The van der Waals surface area contributed by atoms with Crippen molar-refractivity contribution in [3.8, 4) is 0 Å². The van der Waals surface area contributed by atoms with Gasteiger partial charge in [-0.15, -0.1) is 0 Å². The summed E-state index contributed by atoms with van der Waals surface area (Å²) in [6.07, 6.45) is 4.07. The van der Waals surface area contributed by atoms with Crippen LogP contribution in [0.2, 0.25) is 5.02 Å². The number of rotatable bonds is 2. The predicted octanol–water partition coefficient (Wildman–Crippen LogP) is 2.72. The first-order valence-electron chi connectivity index (χ1n) is 5.06. The minimum absolute atomic E-state index is 0.107. The Morgan fingerprint density at radius 1 is 1.50 bits per heavy atom. The highest BCUT2D eigenvalue weighted by molar-refractivity contribution is 6.34. The Morgan fingerprint density at radius 2 is 2.25 bits per heavy atom. The Labute approximate surface area is 96.5 Å². The lowest BCUT2D eigenvalue weighted by atomic mass is 10.2. The molecule has 1 saturated carbocycles. The first kappa shape index (κ1) is 9.66. The average Bonchev–Trinajstić information content (AvgIpc) is 2.99. The molecule has 0 aliphatic heterocycles. The van der Waals surface area contributed by atoms with E-state index in [1.165, 1.54) is 6.07 Å². The molecule has 0 unspecified atom stereocenters. The van der Waals surface area contributed by atoms with Gasteiger partial charge in [0.2, 0.25) is 0 Å². The number of halogens is 1. The second kappa shape index (κ2) is 3.22. The SMILES string of the molecule is O=C(O)c1cc2ncn(C3CC3)c2cc1Cl. The van der Waals surface area contributed by atoms with Gasteiger partial charge in [0.25, 0.3) is 0 Å². The number of fused-ring (bicyclic) bond motifs is 1. The largest absolute Gasteiger partial charge is 0.478 e. The Balaban J connectivity index is 2.23. The van der Waals surface area contributed by atoms with E-state index in [1.807, 2.05) is 0 Å². The van der Waals surface area contributed by atoms with Crippen molar-refractivity contribution >= 4 is 28.6 Å². The van der Waals surface area contributed by atoms with Crippen molar-refractivity contribution in [1.29, 1.82) is 0 Å². The number of hydrogen-bond acceptors (Lipinski definition) is 2. The molecule has 1 fully saturated rings. The lowest BCUT2D eigenvalue weighted by Gasteiger charge is -2.02. The van der Waals surface area contributed by atoms with Crippen LogP contribution in [-0.2, 0) is 0 Å². The minimum Gasteiger partial charge on any atom is -0.478 e. The smallest absolute Gasteiger partial charge is 0.337 e. The van der Waals surface area contributed by atoms with E-state index < -0.39 is 5.97 Å². The van der Waals surface area contributed by atoms with Gasteiger partial charge >= 0.3 is 5.97 Å². The second-order valence-electron chi connectivity index (χ2n) is 4.01. The van der Waals surface area contributed by atoms with Crippen molar-refractivity contribution in [1.82, 2.24) is 9.55 Å². The fourth-order valence-corrected chi connectivity index (χ4v) is 2.09. The van der Waals surface area contributed by atoms with Gasteiger partial charge in [-0.1, -0.05) is 11.6 Å². The van der Waals surface area contributed by atoms with Gasteiger partial charge < -0.3 is 9.67 Å². The van der Waals surface area contributed by atoms with Crippen molar-refractivity contribution in [2.75, 3.05) is 0 Å². The van der Waals surface area contributed by atoms with Crippen molar-refractivity contribution < 1.29 is 9.90 Å². The van der Waals surface area contributed by atoms with Crippen molar-refractivity contribution in [2.45, 2.75) is 18.9 Å². The minimum atomic E-state index is -1.02. The topological polar surface area (TPSA) is 55.1 Å². The fourth-order valence-electron chi connectivity index (χ4n) is 1.86. The standard InChI is InChI=1S/C11H9ClN2O2/c12-8-4-10-9(3-7(8)11(15)16)13-5-14(10)6-1-2-6/h3-6H,1-2H2,(H,15,16). The van der Waals surface area contributed by atoms with Crippen LogP contribution in [0, 0.1) is 0 Å². The van der Waals surface area contributed by atoms with Gasteiger partial charge in [0.05, 0.1) is 27.9 Å². The molecule has 1 aliphatic carbocycles. The number of hydrogen-bond donors (Lipinski definition) is 1. The maximum Gasteiger partial charge on any atom is 0.337 e. The van der Waals surface area contributed by atoms with Gasteiger partial charge in [-0.2, -0.15) is 0 Å². The van der Waals surface area contributed by atoms with Crippen LogP contribution in [0.5, 0.6) is 0 Å². The number of nitrogens with zero attached hydrogens (tertiary/aromatic N) is 2. The number of carboxylic acids is 1. The third kappa shape index (κ3) is 1.38. The number of aromatic carboxylic acids is 1. The van der Waals surface area contributed by atoms with Crippen molar-refractivity contribution in [2.24, 2.45) is 0 Å². The van der Waals surface area contributed by atoms with Gasteiger partial charge in [0.1, 0.15) is 0 Å². The molecule has 0 atom stereocenters. The quantitative estimate of drug-likeness (QED) is 0.872. The molecule has 82 valence electrons. The molecule has 5 heteroatoms. The third-order valence-corrected chi connectivity index (χ3v) is 3.15. The van der Waals surface area contributed by atoms with Crippen LogP contribution in [0.25, 0.3) is 11.0 Å². The van der Waals surface area contributed by atoms with Gasteiger partial charge in [-0.25, -0.2) is 9.78 Å². The lowest BCUT2D eigenvalue weighted by Crippen LogP contribution is -1.98. The molecule has 1 heterocycles. The first-order valence-corrected chi connectivity index (χ1v) is 5.44. The van der Waals surface area contributed by atoms with Gasteiger partial charge in [-0.05, 0) is 25.0 Å². The van der Waals surface area contributed by atoms with Crippen LogP contribution in [0.15, 0.2) is 18.5 Å². The summed E-state index contributed by atoms with van der Waals surface area (Å²) in [7, 11) is 0. The second-order valence-corrected chi connectivity index (χ2v) is 4.42. The van der Waals surface area contributed by atoms with Crippen LogP contribution in [0.4, 0.5) is 0 Å². The summed E-state index contributed by atoms with van der Waals surface area (Å²) < 4.78 is 2.06. The number of carboxylic acid groups (broad SMARTS) is 1. The first-order chi connectivity index (χ1) is 7.66. The molecule has 16 heavy (non-hydrogen) atoms. The lowest BCUT2D eigenvalue weighted by molar-refractivity contribution is 0.0697. The molecule has 3 rings (SSSR count). The van der Waals surface area contributed by atoms with Gasteiger partial charge in [0.15, 0.2) is 0 Å². The number of benzene rings is 1. The molecular weight excluding hydrogens is 228 g/mol. The highest BCUT2D eigenvalue weighted by atomic mass is 35.5. The van der Waals surface area contributed by atoms with Crippen LogP contribution in [-0.4, -0.2) is 20.6 Å². The number of imidazole rings is 1. The van der Waals surface area contributed by atoms with Crippen LogP contribution >= 0.6 is 11.6 Å². The van der Waals surface area contributed by atoms with E-state index in [9.17, 15) is 4.79 Å². The summed E-state index contributed by atoms with van der Waals surface area (Å²) in [5.41, 5.74) is 1.71. The maximum atomic E-state index is 10.9. The summed E-state index contributed by atoms with van der Waals surface area (Å²) >= 11 is 5.93. The predicted molar refractivity (Wildman–Crippen MR) is 60.0 cm³/mol. The van der Waals surface area contributed by atoms with Gasteiger partial charge in [0, 0.05) is 6.04 Å². The monoisotopic (exact) mass is 236 g/mol. The Morgan fingerprint density at radius 3 is 2.88 bits per heavy atom. The normalized spacial score (nSPS) is 15.6. The fraction of sp³-hybridized carbons (Fsp3) is 0.273. The summed E-state index contributed by atoms with van der Waals surface area (Å²) in [6.45, 7) is 0. The number of aromatic nitrogens is 2. The molecule has 1 N–H and O–H groups in total. The molecule has 0 bridgehead atoms. The van der Waals surface area contributed by atoms with E-state index in [0.29, 0.717) is 11.6 Å². The maximum absolute atomic E-state index is 10.9. The summed E-state index contributed by atoms with van der Waals surface area (Å²) in [5, 5.41) is 9.20. The van der Waals surface area contributed by atoms with Crippen molar-refractivity contribution in [3.63, 3.8) is 0 Å². The van der Waals surface area contributed by atoms with E-state index >= 15 is 0 Å². The van der Waals surface area contributed by atoms with Crippen LogP contribution in [0.3, 0.4) is 0 Å². The number of carbonyl (C=O) groups is 1. The molecule has 1 aromatic carbocycles. The molecule has 4 nitrogen and oxygen atoms in total. The Kier molecular flexibility index (Phi) is 1.94. The van der Waals surface area contributed by atoms with Crippen molar-refractivity contribution in [3.05, 3.63) is 29.0 Å². The Bertz CT molecular complexity index is 587. The van der Waals surface area contributed by atoms with Crippen LogP contribution in [0.1, 0.15) is 29.2 Å². The van der Waals surface area contributed by atoms with E-state index in [1.54, 1.807) is 12.4 Å². The third-order valence-electron chi connectivity index (χ3n) is 2.83. The highest BCUT2D eigenvalue weighted by Crippen LogP contribution is 2.37. The highest BCUT2D eigenvalue weighted by Gasteiger charge is 2.25. The zero-order chi connectivity index (χ0) is 11.3.